The quantitative estimate of drug-likeness (QED) is 0.792. The smallest absolute Gasteiger partial charge is 0.330 e. The number of carboxylic acid groups (broad SMARTS) is 1. The number of nitrogens with one attached hydrogen (secondary N) is 1. The number of aliphatic carboxylic acids is 1. The first-order valence-electron chi connectivity index (χ1n) is 7.88. The van der Waals surface area contributed by atoms with E-state index in [0.29, 0.717) is 11.3 Å². The molecular weight excluding hydrogens is 341 g/mol. The number of carbonyl (C=O) groups excluding carboxylic acids is 1. The zero-order valence-corrected chi connectivity index (χ0v) is 14.7. The highest BCUT2D eigenvalue weighted by atomic mass is 19.1. The van der Waals surface area contributed by atoms with Gasteiger partial charge >= 0.3 is 5.97 Å². The van der Waals surface area contributed by atoms with Gasteiger partial charge in [-0.1, -0.05) is 18.2 Å². The van der Waals surface area contributed by atoms with Crippen molar-refractivity contribution in [3.63, 3.8) is 0 Å². The number of ether oxygens (including phenoxy) is 2. The molecule has 0 spiro atoms. The van der Waals surface area contributed by atoms with Gasteiger partial charge in [0.25, 0.3) is 0 Å². The standard InChI is InChI=1S/C19H20FNO5/c1-11(12-4-7-14(25-2)8-5-12)18(22)21-17(19(23)24)13-6-9-16(26-3)15(20)10-13/h4-11,17H,1-3H3,(H,21,22)(H,23,24). The van der Waals surface area contributed by atoms with Gasteiger partial charge in [-0.2, -0.15) is 0 Å². The number of methoxy groups -OCH3 is 2. The van der Waals surface area contributed by atoms with Crippen LogP contribution in [-0.4, -0.2) is 31.2 Å². The van der Waals surface area contributed by atoms with Gasteiger partial charge in [0.1, 0.15) is 5.75 Å². The fourth-order valence-corrected chi connectivity index (χ4v) is 2.46. The molecule has 0 aliphatic carbocycles. The summed E-state index contributed by atoms with van der Waals surface area (Å²) >= 11 is 0. The van der Waals surface area contributed by atoms with Gasteiger partial charge in [0.2, 0.25) is 5.91 Å². The summed E-state index contributed by atoms with van der Waals surface area (Å²) < 4.78 is 23.7. The molecule has 2 aromatic carbocycles. The van der Waals surface area contributed by atoms with Crippen LogP contribution < -0.4 is 14.8 Å². The molecule has 0 aliphatic heterocycles. The molecular formula is C19H20FNO5. The average Bonchev–Trinajstić information content (AvgIpc) is 2.65. The van der Waals surface area contributed by atoms with Gasteiger partial charge in [0.15, 0.2) is 17.6 Å². The highest BCUT2D eigenvalue weighted by Crippen LogP contribution is 2.24. The molecule has 0 heterocycles. The Morgan fingerprint density at radius 2 is 1.65 bits per heavy atom. The van der Waals surface area contributed by atoms with Crippen molar-refractivity contribution in [3.05, 3.63) is 59.4 Å². The fourth-order valence-electron chi connectivity index (χ4n) is 2.46. The van der Waals surface area contributed by atoms with Crippen LogP contribution in [-0.2, 0) is 9.59 Å². The van der Waals surface area contributed by atoms with Crippen LogP contribution >= 0.6 is 0 Å². The maximum Gasteiger partial charge on any atom is 0.330 e. The summed E-state index contributed by atoms with van der Waals surface area (Å²) in [5, 5.41) is 11.9. The lowest BCUT2D eigenvalue weighted by Crippen LogP contribution is -2.36. The third-order valence-corrected chi connectivity index (χ3v) is 4.05. The Kier molecular flexibility index (Phi) is 6.16. The second kappa shape index (κ2) is 8.33. The lowest BCUT2D eigenvalue weighted by atomic mass is 9.99. The predicted octanol–water partition coefficient (Wildman–Crippen LogP) is 2.89. The summed E-state index contributed by atoms with van der Waals surface area (Å²) in [7, 11) is 2.85. The lowest BCUT2D eigenvalue weighted by Gasteiger charge is -2.19. The van der Waals surface area contributed by atoms with Gasteiger partial charge in [-0.3, -0.25) is 4.79 Å². The molecule has 26 heavy (non-hydrogen) atoms. The molecule has 0 saturated heterocycles. The highest BCUT2D eigenvalue weighted by Gasteiger charge is 2.26. The molecule has 2 rings (SSSR count). The van der Waals surface area contributed by atoms with E-state index < -0.39 is 29.7 Å². The van der Waals surface area contributed by atoms with Crippen molar-refractivity contribution in [1.29, 1.82) is 0 Å². The van der Waals surface area contributed by atoms with Crippen LogP contribution in [0.2, 0.25) is 0 Å². The maximum atomic E-state index is 13.9. The van der Waals surface area contributed by atoms with E-state index in [1.54, 1.807) is 31.2 Å². The van der Waals surface area contributed by atoms with Crippen LogP contribution in [0, 0.1) is 5.82 Å². The van der Waals surface area contributed by atoms with E-state index >= 15 is 0 Å². The fraction of sp³-hybridized carbons (Fsp3) is 0.263. The van der Waals surface area contributed by atoms with Crippen LogP contribution in [0.5, 0.6) is 11.5 Å². The molecule has 0 aromatic heterocycles. The second-order valence-electron chi connectivity index (χ2n) is 5.67. The largest absolute Gasteiger partial charge is 0.497 e. The first-order valence-corrected chi connectivity index (χ1v) is 7.88. The number of halogens is 1. The third-order valence-electron chi connectivity index (χ3n) is 4.05. The van der Waals surface area contributed by atoms with Crippen molar-refractivity contribution in [2.45, 2.75) is 18.9 Å². The zero-order valence-electron chi connectivity index (χ0n) is 14.7. The summed E-state index contributed by atoms with van der Waals surface area (Å²) in [5.41, 5.74) is 0.819. The van der Waals surface area contributed by atoms with Crippen molar-refractivity contribution < 1.29 is 28.6 Å². The molecule has 0 saturated carbocycles. The van der Waals surface area contributed by atoms with Gasteiger partial charge in [-0.25, -0.2) is 9.18 Å². The van der Waals surface area contributed by atoms with Gasteiger partial charge < -0.3 is 19.9 Å². The monoisotopic (exact) mass is 361 g/mol. The summed E-state index contributed by atoms with van der Waals surface area (Å²) in [6, 6.07) is 9.27. The van der Waals surface area contributed by atoms with Crippen LogP contribution in [0.4, 0.5) is 4.39 Å². The first-order chi connectivity index (χ1) is 12.4. The molecule has 2 atom stereocenters. The molecule has 7 heteroatoms. The number of hydrogen-bond donors (Lipinski definition) is 2. The molecule has 0 aliphatic rings. The molecule has 1 amide bonds. The molecule has 2 N–H and O–H groups in total. The van der Waals surface area contributed by atoms with E-state index in [1.807, 2.05) is 0 Å². The van der Waals surface area contributed by atoms with Gasteiger partial charge in [-0.15, -0.1) is 0 Å². The van der Waals surface area contributed by atoms with Crippen LogP contribution in [0.1, 0.15) is 30.0 Å². The molecule has 0 fully saturated rings. The first kappa shape index (κ1) is 19.2. The van der Waals surface area contributed by atoms with Gasteiger partial charge in [0.05, 0.1) is 20.1 Å². The van der Waals surface area contributed by atoms with Crippen molar-refractivity contribution in [1.82, 2.24) is 5.32 Å². The molecule has 0 radical (unpaired) electrons. The minimum atomic E-state index is -1.37. The minimum Gasteiger partial charge on any atom is -0.497 e. The third kappa shape index (κ3) is 4.30. The summed E-state index contributed by atoms with van der Waals surface area (Å²) in [5.74, 6) is -2.42. The van der Waals surface area contributed by atoms with Crippen LogP contribution in [0.25, 0.3) is 0 Å². The van der Waals surface area contributed by atoms with E-state index in [0.717, 1.165) is 6.07 Å². The number of rotatable bonds is 7. The van der Waals surface area contributed by atoms with E-state index in [1.165, 1.54) is 26.4 Å². The molecule has 6 nitrogen and oxygen atoms in total. The van der Waals surface area contributed by atoms with E-state index in [2.05, 4.69) is 5.32 Å². The van der Waals surface area contributed by atoms with E-state index in [4.69, 9.17) is 9.47 Å². The summed E-state index contributed by atoms with van der Waals surface area (Å²) in [6.45, 7) is 1.66. The Morgan fingerprint density at radius 1 is 1.04 bits per heavy atom. The summed E-state index contributed by atoms with van der Waals surface area (Å²) in [6.07, 6.45) is 0. The molecule has 0 bridgehead atoms. The van der Waals surface area contributed by atoms with Crippen molar-refractivity contribution in [2.24, 2.45) is 0 Å². The van der Waals surface area contributed by atoms with Crippen molar-refractivity contribution in [2.75, 3.05) is 14.2 Å². The topological polar surface area (TPSA) is 84.9 Å². The normalized spacial score (nSPS) is 12.8. The Labute approximate surface area is 150 Å². The maximum absolute atomic E-state index is 13.9. The Hall–Kier alpha value is -3.09. The number of carboxylic acids is 1. The van der Waals surface area contributed by atoms with Gasteiger partial charge in [0, 0.05) is 0 Å². The Balaban J connectivity index is 2.19. The predicted molar refractivity (Wildman–Crippen MR) is 92.9 cm³/mol. The number of benzene rings is 2. The van der Waals surface area contributed by atoms with E-state index in [9.17, 15) is 19.1 Å². The minimum absolute atomic E-state index is 0.00387. The summed E-state index contributed by atoms with van der Waals surface area (Å²) in [4.78, 5) is 24.0. The van der Waals surface area contributed by atoms with Crippen molar-refractivity contribution in [3.8, 4) is 11.5 Å². The molecule has 2 unspecified atom stereocenters. The zero-order chi connectivity index (χ0) is 19.3. The Bertz CT molecular complexity index is 791. The van der Waals surface area contributed by atoms with Crippen LogP contribution in [0.15, 0.2) is 42.5 Å². The van der Waals surface area contributed by atoms with Crippen LogP contribution in [0.3, 0.4) is 0 Å². The molecule has 2 aromatic rings. The van der Waals surface area contributed by atoms with Gasteiger partial charge in [-0.05, 0) is 42.3 Å². The Morgan fingerprint density at radius 3 is 2.15 bits per heavy atom. The number of carbonyl (C=O) groups is 2. The van der Waals surface area contributed by atoms with E-state index in [-0.39, 0.29) is 11.3 Å². The second-order valence-corrected chi connectivity index (χ2v) is 5.67. The number of hydrogen-bond acceptors (Lipinski definition) is 4. The average molecular weight is 361 g/mol. The highest BCUT2D eigenvalue weighted by molar-refractivity contribution is 5.88. The number of amides is 1. The van der Waals surface area contributed by atoms with Crippen molar-refractivity contribution >= 4 is 11.9 Å². The molecule has 138 valence electrons. The SMILES string of the molecule is COc1ccc(C(C)C(=O)NC(C(=O)O)c2ccc(OC)c(F)c2)cc1. The lowest BCUT2D eigenvalue weighted by molar-refractivity contribution is -0.142.